The minimum absolute atomic E-state index is 0.0128. The van der Waals surface area contributed by atoms with Gasteiger partial charge in [-0.1, -0.05) is 13.0 Å². The number of methoxy groups -OCH3 is 1. The number of anilines is 1. The van der Waals surface area contributed by atoms with Crippen LogP contribution in [0.3, 0.4) is 0 Å². The van der Waals surface area contributed by atoms with Crippen LogP contribution in [0.1, 0.15) is 33.1 Å². The number of carbonyl (C=O) groups excluding carboxylic acids is 3. The summed E-state index contributed by atoms with van der Waals surface area (Å²) in [5.74, 6) is 1.07. The fourth-order valence-electron chi connectivity index (χ4n) is 4.44. The Morgan fingerprint density at radius 1 is 1.17 bits per heavy atom. The number of carbonyl (C=O) groups is 3. The van der Waals surface area contributed by atoms with E-state index in [1.54, 1.807) is 38.3 Å². The highest BCUT2D eigenvalue weighted by atomic mass is 16.5. The van der Waals surface area contributed by atoms with Crippen molar-refractivity contribution in [1.82, 2.24) is 10.2 Å². The van der Waals surface area contributed by atoms with Crippen LogP contribution < -0.4 is 15.4 Å². The Hall–Kier alpha value is -2.61. The van der Waals surface area contributed by atoms with E-state index in [1.165, 1.54) is 6.92 Å². The molecule has 8 nitrogen and oxygen atoms in total. The molecule has 0 spiro atoms. The maximum absolute atomic E-state index is 12.7. The predicted octanol–water partition coefficient (Wildman–Crippen LogP) is 1.80. The van der Waals surface area contributed by atoms with Crippen LogP contribution in [-0.4, -0.2) is 61.6 Å². The number of fused-ring (bicyclic) bond motifs is 1. The van der Waals surface area contributed by atoms with Gasteiger partial charge in [0, 0.05) is 45.3 Å². The zero-order valence-corrected chi connectivity index (χ0v) is 17.8. The Morgan fingerprint density at radius 3 is 2.57 bits per heavy atom. The molecule has 0 radical (unpaired) electrons. The molecule has 2 aliphatic rings. The van der Waals surface area contributed by atoms with Crippen LogP contribution in [0.15, 0.2) is 24.3 Å². The van der Waals surface area contributed by atoms with Gasteiger partial charge in [-0.2, -0.15) is 0 Å². The minimum Gasteiger partial charge on any atom is -0.484 e. The van der Waals surface area contributed by atoms with Crippen molar-refractivity contribution in [3.63, 3.8) is 0 Å². The Balaban J connectivity index is 1.53. The van der Waals surface area contributed by atoms with Crippen LogP contribution in [0.2, 0.25) is 0 Å². The van der Waals surface area contributed by atoms with E-state index >= 15 is 0 Å². The molecule has 1 aromatic rings. The SMILES string of the molecule is CCC(=O)Nc1cccc(OCC(=O)N2C[C@H]3C[C@@H](NC(C)=O)[C@H](OC)C[C@H]3C2)c1. The molecule has 1 aliphatic carbocycles. The molecule has 1 saturated carbocycles. The number of hydrogen-bond acceptors (Lipinski definition) is 5. The summed E-state index contributed by atoms with van der Waals surface area (Å²) in [5, 5.41) is 5.77. The standard InChI is InChI=1S/C22H31N3O5/c1-4-21(27)24-17-6-5-7-18(10-17)30-13-22(28)25-11-15-8-19(23-14(2)26)20(29-3)9-16(15)12-25/h5-7,10,15-16,19-20H,4,8-9,11-13H2,1-3H3,(H,23,26)(H,24,27)/t15-,16+,19-,20-/m1/s1. The number of rotatable bonds is 7. The number of hydrogen-bond donors (Lipinski definition) is 2. The first-order chi connectivity index (χ1) is 14.4. The molecular formula is C22H31N3O5. The first-order valence-corrected chi connectivity index (χ1v) is 10.5. The van der Waals surface area contributed by atoms with Gasteiger partial charge in [0.15, 0.2) is 6.61 Å². The summed E-state index contributed by atoms with van der Waals surface area (Å²) in [5.41, 5.74) is 0.647. The Kier molecular flexibility index (Phi) is 7.31. The third-order valence-corrected chi connectivity index (χ3v) is 5.96. The normalized spacial score (nSPS) is 25.4. The van der Waals surface area contributed by atoms with Crippen LogP contribution in [0.4, 0.5) is 5.69 Å². The molecule has 1 saturated heterocycles. The van der Waals surface area contributed by atoms with E-state index in [2.05, 4.69) is 10.6 Å². The van der Waals surface area contributed by atoms with Gasteiger partial charge in [-0.05, 0) is 36.8 Å². The molecule has 0 bridgehead atoms. The number of nitrogens with one attached hydrogen (secondary N) is 2. The van der Waals surface area contributed by atoms with Crippen molar-refractivity contribution < 1.29 is 23.9 Å². The van der Waals surface area contributed by atoms with E-state index in [0.717, 1.165) is 12.8 Å². The average Bonchev–Trinajstić information content (AvgIpc) is 3.14. The van der Waals surface area contributed by atoms with Gasteiger partial charge in [0.1, 0.15) is 5.75 Å². The topological polar surface area (TPSA) is 97.0 Å². The van der Waals surface area contributed by atoms with Gasteiger partial charge in [-0.3, -0.25) is 14.4 Å². The molecular weight excluding hydrogens is 386 g/mol. The van der Waals surface area contributed by atoms with Crippen molar-refractivity contribution >= 4 is 23.4 Å². The molecule has 0 aromatic heterocycles. The van der Waals surface area contributed by atoms with Gasteiger partial charge in [-0.25, -0.2) is 0 Å². The van der Waals surface area contributed by atoms with E-state index < -0.39 is 0 Å². The lowest BCUT2D eigenvalue weighted by atomic mass is 9.77. The van der Waals surface area contributed by atoms with Crippen LogP contribution in [-0.2, 0) is 19.1 Å². The smallest absolute Gasteiger partial charge is 0.260 e. The Bertz CT molecular complexity index is 784. The lowest BCUT2D eigenvalue weighted by Crippen LogP contribution is -2.49. The molecule has 8 heteroatoms. The number of nitrogens with zero attached hydrogens (tertiary/aromatic N) is 1. The van der Waals surface area contributed by atoms with Gasteiger partial charge in [0.2, 0.25) is 11.8 Å². The molecule has 2 N–H and O–H groups in total. The summed E-state index contributed by atoms with van der Waals surface area (Å²) in [6, 6.07) is 7.03. The van der Waals surface area contributed by atoms with E-state index in [4.69, 9.17) is 9.47 Å². The van der Waals surface area contributed by atoms with Crippen LogP contribution in [0.25, 0.3) is 0 Å². The molecule has 1 heterocycles. The first kappa shape index (κ1) is 22.1. The second kappa shape index (κ2) is 9.93. The molecule has 0 unspecified atom stereocenters. The maximum atomic E-state index is 12.7. The molecule has 3 amide bonds. The fourth-order valence-corrected chi connectivity index (χ4v) is 4.44. The number of amides is 3. The maximum Gasteiger partial charge on any atom is 0.260 e. The molecule has 2 fully saturated rings. The van der Waals surface area contributed by atoms with Crippen molar-refractivity contribution in [1.29, 1.82) is 0 Å². The van der Waals surface area contributed by atoms with E-state index in [0.29, 0.717) is 42.8 Å². The zero-order valence-electron chi connectivity index (χ0n) is 17.8. The number of benzene rings is 1. The lowest BCUT2D eigenvalue weighted by molar-refractivity contribution is -0.132. The lowest BCUT2D eigenvalue weighted by Gasteiger charge is -2.37. The van der Waals surface area contributed by atoms with E-state index in [-0.39, 0.29) is 36.5 Å². The Morgan fingerprint density at radius 2 is 1.90 bits per heavy atom. The molecule has 3 rings (SSSR count). The second-order valence-electron chi connectivity index (χ2n) is 8.09. The zero-order chi connectivity index (χ0) is 21.7. The number of likely N-dealkylation sites (tertiary alicyclic amines) is 1. The van der Waals surface area contributed by atoms with Crippen LogP contribution >= 0.6 is 0 Å². The van der Waals surface area contributed by atoms with Gasteiger partial charge in [0.25, 0.3) is 5.91 Å². The van der Waals surface area contributed by atoms with Gasteiger partial charge < -0.3 is 25.0 Å². The largest absolute Gasteiger partial charge is 0.484 e. The molecule has 164 valence electrons. The van der Waals surface area contributed by atoms with Gasteiger partial charge in [0.05, 0.1) is 12.1 Å². The van der Waals surface area contributed by atoms with Crippen molar-refractivity contribution in [2.75, 3.05) is 32.1 Å². The summed E-state index contributed by atoms with van der Waals surface area (Å²) >= 11 is 0. The van der Waals surface area contributed by atoms with Crippen molar-refractivity contribution in [3.8, 4) is 5.75 Å². The van der Waals surface area contributed by atoms with Crippen molar-refractivity contribution in [3.05, 3.63) is 24.3 Å². The Labute approximate surface area is 177 Å². The molecule has 1 aliphatic heterocycles. The fraction of sp³-hybridized carbons (Fsp3) is 0.591. The van der Waals surface area contributed by atoms with Crippen molar-refractivity contribution in [2.45, 2.75) is 45.3 Å². The van der Waals surface area contributed by atoms with E-state index in [9.17, 15) is 14.4 Å². The minimum atomic E-state index is -0.0742. The average molecular weight is 418 g/mol. The van der Waals surface area contributed by atoms with Crippen molar-refractivity contribution in [2.24, 2.45) is 11.8 Å². The summed E-state index contributed by atoms with van der Waals surface area (Å²) in [4.78, 5) is 37.6. The summed E-state index contributed by atoms with van der Waals surface area (Å²) in [6.07, 6.45) is 2.01. The monoisotopic (exact) mass is 417 g/mol. The highest BCUT2D eigenvalue weighted by molar-refractivity contribution is 5.90. The quantitative estimate of drug-likeness (QED) is 0.705. The summed E-state index contributed by atoms with van der Waals surface area (Å²) < 4.78 is 11.3. The highest BCUT2D eigenvalue weighted by Crippen LogP contribution is 2.37. The predicted molar refractivity (Wildman–Crippen MR) is 112 cm³/mol. The van der Waals surface area contributed by atoms with Crippen LogP contribution in [0, 0.1) is 11.8 Å². The molecule has 4 atom stereocenters. The third-order valence-electron chi connectivity index (χ3n) is 5.96. The second-order valence-corrected chi connectivity index (χ2v) is 8.09. The number of ether oxygens (including phenoxy) is 2. The summed E-state index contributed by atoms with van der Waals surface area (Å²) in [7, 11) is 1.67. The molecule has 1 aromatic carbocycles. The van der Waals surface area contributed by atoms with Gasteiger partial charge in [-0.15, -0.1) is 0 Å². The third kappa shape index (κ3) is 5.50. The van der Waals surface area contributed by atoms with Crippen LogP contribution in [0.5, 0.6) is 5.75 Å². The first-order valence-electron chi connectivity index (χ1n) is 10.5. The van der Waals surface area contributed by atoms with E-state index in [1.807, 2.05) is 4.90 Å². The molecule has 30 heavy (non-hydrogen) atoms. The van der Waals surface area contributed by atoms with Gasteiger partial charge >= 0.3 is 0 Å². The summed E-state index contributed by atoms with van der Waals surface area (Å²) in [6.45, 7) is 4.62. The highest BCUT2D eigenvalue weighted by Gasteiger charge is 2.43.